The van der Waals surface area contributed by atoms with Gasteiger partial charge in [-0.1, -0.05) is 400 Å². The fraction of sp³-hybridized carbons (Fsp3) is 0.779. The highest BCUT2D eigenvalue weighted by Crippen LogP contribution is 2.45. The van der Waals surface area contributed by atoms with E-state index in [1.807, 2.05) is 0 Å². The molecular weight excluding hydrogens is 1460 g/mol. The number of aliphatic hydroxyl groups excluding tert-OH is 2. The number of hydrogen-bond acceptors (Lipinski definition) is 14. The van der Waals surface area contributed by atoms with Gasteiger partial charge in [0.05, 0.1) is 26.4 Å². The highest BCUT2D eigenvalue weighted by Gasteiger charge is 2.29. The van der Waals surface area contributed by atoms with Gasteiger partial charge in [0.1, 0.15) is 25.4 Å². The Labute approximate surface area is 691 Å². The fourth-order valence-electron chi connectivity index (χ4n) is 13.0. The Bertz CT molecular complexity index is 2490. The third-order valence-corrected chi connectivity index (χ3v) is 21.9. The van der Waals surface area contributed by atoms with E-state index in [-0.39, 0.29) is 19.3 Å². The van der Waals surface area contributed by atoms with Crippen LogP contribution in [-0.2, 0) is 55.8 Å². The standard InChI is InChI=1S/C95H170O16P2/c1-4-7-10-13-16-19-22-25-27-29-31-33-35-37-39-41-43-44-46-48-49-51-53-55-57-59-61-64-66-69-72-75-78-81-93(98)105-84-90(96)85-107-112(101,102)108-86-91(97)87-109-113(103,104)110-89-92(111-95(100)83-80-77-74-71-68-63-24-21-18-15-12-9-6-3)88-106-94(99)82-79-76-73-70-67-65-62-60-58-56-54-52-50-47-45-42-40-38-36-34-32-30-28-26-23-20-17-14-11-8-5-2/h7,10,16-17,19-20,25-28,31-34,37-40,90-92,96-97H,4-6,8-9,11-15,18,21-24,29-30,35-36,41-89H2,1-3H3,(H,101,102)(H,103,104)/b10-7-,19-16-,20-17-,27-25-,28-26-,33-31-,34-32-,39-37-,40-38-. The van der Waals surface area contributed by atoms with Gasteiger partial charge in [0.15, 0.2) is 6.10 Å². The number of allylic oxidation sites excluding steroid dienone is 18. The Morgan fingerprint density at radius 2 is 0.469 bits per heavy atom. The van der Waals surface area contributed by atoms with E-state index in [9.17, 15) is 43.5 Å². The van der Waals surface area contributed by atoms with Crippen molar-refractivity contribution in [3.05, 3.63) is 109 Å². The van der Waals surface area contributed by atoms with Crippen molar-refractivity contribution in [2.45, 2.75) is 437 Å². The summed E-state index contributed by atoms with van der Waals surface area (Å²) in [6.45, 7) is 2.62. The first-order valence-electron chi connectivity index (χ1n) is 46.2. The molecule has 0 bridgehead atoms. The summed E-state index contributed by atoms with van der Waals surface area (Å²) >= 11 is 0. The van der Waals surface area contributed by atoms with E-state index in [1.165, 1.54) is 244 Å². The minimum Gasteiger partial charge on any atom is -0.463 e. The Balaban J connectivity index is 4.38. The van der Waals surface area contributed by atoms with Crippen LogP contribution in [0.3, 0.4) is 0 Å². The summed E-state index contributed by atoms with van der Waals surface area (Å²) in [5, 5.41) is 20.7. The lowest BCUT2D eigenvalue weighted by Crippen LogP contribution is -2.30. The molecule has 0 fully saturated rings. The largest absolute Gasteiger partial charge is 0.472 e. The molecule has 113 heavy (non-hydrogen) atoms. The number of carbonyl (C=O) groups is 3. The molecule has 0 rings (SSSR count). The monoisotopic (exact) mass is 1630 g/mol. The summed E-state index contributed by atoms with van der Waals surface area (Å²) < 4.78 is 61.4. The maximum atomic E-state index is 13.0. The number of rotatable bonds is 88. The summed E-state index contributed by atoms with van der Waals surface area (Å²) in [4.78, 5) is 58.9. The lowest BCUT2D eigenvalue weighted by atomic mass is 10.0. The second-order valence-electron chi connectivity index (χ2n) is 31.1. The van der Waals surface area contributed by atoms with Crippen LogP contribution in [0, 0.1) is 0 Å². The normalized spacial score (nSPS) is 14.3. The molecule has 18 heteroatoms. The molecule has 0 amide bonds. The van der Waals surface area contributed by atoms with Crippen molar-refractivity contribution in [1.82, 2.24) is 0 Å². The van der Waals surface area contributed by atoms with Crippen molar-refractivity contribution < 1.29 is 75.8 Å². The molecule has 4 N–H and O–H groups in total. The van der Waals surface area contributed by atoms with Crippen LogP contribution in [0.5, 0.6) is 0 Å². The highest BCUT2D eigenvalue weighted by atomic mass is 31.2. The van der Waals surface area contributed by atoms with E-state index < -0.39 is 91.5 Å². The predicted molar refractivity (Wildman–Crippen MR) is 473 cm³/mol. The second kappa shape index (κ2) is 87.5. The molecule has 0 aromatic heterocycles. The Kier molecular flexibility index (Phi) is 84.6. The number of ether oxygens (including phenoxy) is 3. The molecule has 0 spiro atoms. The first kappa shape index (κ1) is 109. The number of carbonyl (C=O) groups excluding carboxylic acids is 3. The lowest BCUT2D eigenvalue weighted by molar-refractivity contribution is -0.161. The van der Waals surface area contributed by atoms with Crippen molar-refractivity contribution in [2.75, 3.05) is 39.6 Å². The molecular formula is C95H170O16P2. The molecule has 16 nitrogen and oxygen atoms in total. The van der Waals surface area contributed by atoms with E-state index in [0.29, 0.717) is 19.3 Å². The predicted octanol–water partition coefficient (Wildman–Crippen LogP) is 28.2. The van der Waals surface area contributed by atoms with Crippen molar-refractivity contribution >= 4 is 33.6 Å². The van der Waals surface area contributed by atoms with Crippen LogP contribution in [0.15, 0.2) is 109 Å². The number of unbranched alkanes of at least 4 members (excludes halogenated alkanes) is 47. The van der Waals surface area contributed by atoms with Crippen molar-refractivity contribution in [1.29, 1.82) is 0 Å². The summed E-state index contributed by atoms with van der Waals surface area (Å²) in [5.41, 5.74) is 0. The summed E-state index contributed by atoms with van der Waals surface area (Å²) in [7, 11) is -9.79. The molecule has 0 aliphatic rings. The molecule has 5 atom stereocenters. The van der Waals surface area contributed by atoms with Crippen molar-refractivity contribution in [2.24, 2.45) is 0 Å². The number of esters is 3. The zero-order valence-corrected chi connectivity index (χ0v) is 74.1. The Morgan fingerprint density at radius 3 is 0.761 bits per heavy atom. The first-order valence-corrected chi connectivity index (χ1v) is 49.2. The maximum absolute atomic E-state index is 13.0. The Morgan fingerprint density at radius 1 is 0.257 bits per heavy atom. The average Bonchev–Trinajstić information content (AvgIpc) is 0.903. The SMILES string of the molecule is CC/C=C\C/C=C\C/C=C\C/C=C\C/C=C\CCCCCCCCCCCCCCCCCCCC(=O)OCC(O)COP(=O)(O)OCC(O)COP(=O)(O)OCC(COC(=O)CCCCCCCCCCCCCCCCC/C=C\C/C=C\C/C=C\C/C=C\CCCCC)OC(=O)CCCCCCCCCCCCCCC. The first-order chi connectivity index (χ1) is 55.2. The van der Waals surface area contributed by atoms with Crippen LogP contribution in [0.4, 0.5) is 0 Å². The van der Waals surface area contributed by atoms with E-state index in [4.69, 9.17) is 32.3 Å². The van der Waals surface area contributed by atoms with Crippen LogP contribution in [0.25, 0.3) is 0 Å². The smallest absolute Gasteiger partial charge is 0.463 e. The van der Waals surface area contributed by atoms with E-state index in [0.717, 1.165) is 116 Å². The molecule has 0 radical (unpaired) electrons. The molecule has 0 heterocycles. The van der Waals surface area contributed by atoms with E-state index >= 15 is 0 Å². The van der Waals surface area contributed by atoms with Gasteiger partial charge in [0.25, 0.3) is 0 Å². The van der Waals surface area contributed by atoms with Gasteiger partial charge in [0, 0.05) is 19.3 Å². The third kappa shape index (κ3) is 88.9. The average molecular weight is 1630 g/mol. The number of hydrogen-bond donors (Lipinski definition) is 4. The molecule has 656 valence electrons. The van der Waals surface area contributed by atoms with Gasteiger partial charge in [-0.15, -0.1) is 0 Å². The lowest BCUT2D eigenvalue weighted by Gasteiger charge is -2.21. The topological polar surface area (TPSA) is 231 Å². The van der Waals surface area contributed by atoms with Gasteiger partial charge < -0.3 is 34.2 Å². The molecule has 5 unspecified atom stereocenters. The molecule has 0 saturated heterocycles. The van der Waals surface area contributed by atoms with Crippen LogP contribution in [0.2, 0.25) is 0 Å². The van der Waals surface area contributed by atoms with Gasteiger partial charge in [-0.3, -0.25) is 32.5 Å². The number of aliphatic hydroxyl groups is 2. The van der Waals surface area contributed by atoms with E-state index in [1.54, 1.807) is 0 Å². The minimum absolute atomic E-state index is 0.110. The quantitative estimate of drug-likeness (QED) is 0.0146. The van der Waals surface area contributed by atoms with Gasteiger partial charge >= 0.3 is 33.6 Å². The van der Waals surface area contributed by atoms with Gasteiger partial charge in [-0.2, -0.15) is 0 Å². The minimum atomic E-state index is -4.93. The zero-order chi connectivity index (χ0) is 82.2. The fourth-order valence-corrected chi connectivity index (χ4v) is 14.6. The summed E-state index contributed by atoms with van der Waals surface area (Å²) in [6, 6.07) is 0. The molecule has 0 aliphatic carbocycles. The van der Waals surface area contributed by atoms with E-state index in [2.05, 4.69) is 130 Å². The second-order valence-corrected chi connectivity index (χ2v) is 34.0. The molecule has 0 aromatic carbocycles. The van der Waals surface area contributed by atoms with Crippen LogP contribution in [0.1, 0.15) is 419 Å². The highest BCUT2D eigenvalue weighted by molar-refractivity contribution is 7.47. The summed E-state index contributed by atoms with van der Waals surface area (Å²) in [6.07, 6.45) is 106. The van der Waals surface area contributed by atoms with Crippen molar-refractivity contribution in [3.8, 4) is 0 Å². The molecule has 0 aliphatic heterocycles. The number of phosphoric acid groups is 2. The number of phosphoric ester groups is 2. The van der Waals surface area contributed by atoms with Crippen molar-refractivity contribution in [3.63, 3.8) is 0 Å². The van der Waals surface area contributed by atoms with Gasteiger partial charge in [-0.05, 0) is 109 Å². The van der Waals surface area contributed by atoms with Crippen LogP contribution >= 0.6 is 15.6 Å². The zero-order valence-electron chi connectivity index (χ0n) is 72.3. The van der Waals surface area contributed by atoms with Gasteiger partial charge in [0.2, 0.25) is 0 Å². The molecule has 0 saturated carbocycles. The summed E-state index contributed by atoms with van der Waals surface area (Å²) in [5.74, 6) is -1.55. The maximum Gasteiger partial charge on any atom is 0.472 e. The third-order valence-electron chi connectivity index (χ3n) is 20.0. The Hall–Kier alpha value is -3.79. The van der Waals surface area contributed by atoms with Crippen LogP contribution < -0.4 is 0 Å². The van der Waals surface area contributed by atoms with Crippen LogP contribution in [-0.4, -0.2) is 95.9 Å². The van der Waals surface area contributed by atoms with Gasteiger partial charge in [-0.25, -0.2) is 9.13 Å². The molecule has 0 aromatic rings.